The molecule has 1 aliphatic rings. The summed E-state index contributed by atoms with van der Waals surface area (Å²) in [5, 5.41) is 17.8. The second-order valence-electron chi connectivity index (χ2n) is 10.6. The third-order valence-corrected chi connectivity index (χ3v) is 8.01. The van der Waals surface area contributed by atoms with E-state index in [-0.39, 0.29) is 27.7 Å². The number of rotatable bonds is 10. The lowest BCUT2D eigenvalue weighted by atomic mass is 9.77. The number of nitrogens with zero attached hydrogens (tertiary/aromatic N) is 2. The predicted octanol–water partition coefficient (Wildman–Crippen LogP) is 9.06. The molecule has 0 amide bonds. The number of hydrogen-bond donors (Lipinski definition) is 0. The first-order chi connectivity index (χ1) is 20.4. The van der Waals surface area contributed by atoms with Crippen LogP contribution in [0.3, 0.4) is 0 Å². The van der Waals surface area contributed by atoms with Crippen molar-refractivity contribution in [1.29, 1.82) is 10.5 Å². The topological polar surface area (TPSA) is 100 Å². The van der Waals surface area contributed by atoms with Crippen molar-refractivity contribution in [3.8, 4) is 23.6 Å². The molecule has 0 saturated heterocycles. The van der Waals surface area contributed by atoms with Crippen LogP contribution < -0.4 is 9.47 Å². The summed E-state index contributed by atoms with van der Waals surface area (Å²) in [5.74, 6) is 0.695. The van der Waals surface area contributed by atoms with Crippen molar-refractivity contribution in [2.24, 2.45) is 5.92 Å². The van der Waals surface area contributed by atoms with Gasteiger partial charge in [0.1, 0.15) is 29.2 Å². The Bertz CT molecular complexity index is 1490. The van der Waals surface area contributed by atoms with Gasteiger partial charge in [-0.2, -0.15) is 10.5 Å². The minimum atomic E-state index is -0.679. The van der Waals surface area contributed by atoms with Gasteiger partial charge in [0.2, 0.25) is 0 Å². The highest BCUT2D eigenvalue weighted by Gasteiger charge is 2.22. The van der Waals surface area contributed by atoms with Gasteiger partial charge < -0.3 is 9.47 Å². The van der Waals surface area contributed by atoms with Crippen molar-refractivity contribution >= 4 is 29.6 Å². The van der Waals surface area contributed by atoms with Crippen molar-refractivity contribution in [2.75, 3.05) is 0 Å². The number of hydrogen-bond acceptors (Lipinski definition) is 6. The van der Waals surface area contributed by atoms with Gasteiger partial charge in [0.05, 0.1) is 16.1 Å². The fourth-order valence-corrected chi connectivity index (χ4v) is 5.55. The average Bonchev–Trinajstić information content (AvgIpc) is 3.01. The van der Waals surface area contributed by atoms with Gasteiger partial charge in [-0.1, -0.05) is 68.5 Å². The third-order valence-electron chi connectivity index (χ3n) is 7.69. The summed E-state index contributed by atoms with van der Waals surface area (Å²) in [6.45, 7) is 2.25. The van der Waals surface area contributed by atoms with E-state index in [9.17, 15) is 9.59 Å². The average molecular weight is 581 g/mol. The minimum absolute atomic E-state index is 0.0325. The number of nitriles is 2. The van der Waals surface area contributed by atoms with E-state index >= 15 is 0 Å². The number of benzene rings is 3. The third kappa shape index (κ3) is 8.32. The maximum atomic E-state index is 12.8. The molecule has 0 aliphatic heterocycles. The van der Waals surface area contributed by atoms with Crippen molar-refractivity contribution in [3.05, 3.63) is 99.6 Å². The van der Waals surface area contributed by atoms with Crippen LogP contribution in [0.5, 0.6) is 11.5 Å². The Hall–Kier alpha value is -4.39. The molecule has 0 heterocycles. The molecule has 0 N–H and O–H groups in total. The van der Waals surface area contributed by atoms with E-state index in [1.807, 2.05) is 12.1 Å². The van der Waals surface area contributed by atoms with Crippen LogP contribution in [0.1, 0.15) is 96.1 Å². The van der Waals surface area contributed by atoms with Crippen LogP contribution in [0.4, 0.5) is 0 Å². The smallest absolute Gasteiger partial charge is 0.345 e. The molecule has 7 heteroatoms. The molecule has 1 fully saturated rings. The van der Waals surface area contributed by atoms with Gasteiger partial charge in [-0.05, 0) is 91.1 Å². The molecule has 0 spiro atoms. The fourth-order valence-electron chi connectivity index (χ4n) is 5.30. The van der Waals surface area contributed by atoms with Gasteiger partial charge in [-0.15, -0.1) is 0 Å². The molecule has 214 valence electrons. The molecule has 1 saturated carbocycles. The first-order valence-corrected chi connectivity index (χ1v) is 14.7. The number of carbonyl (C=O) groups excluding carboxylic acids is 2. The molecule has 4 rings (SSSR count). The van der Waals surface area contributed by atoms with Crippen LogP contribution in [0.25, 0.3) is 6.08 Å². The number of esters is 2. The minimum Gasteiger partial charge on any atom is -0.423 e. The zero-order valence-electron chi connectivity index (χ0n) is 23.6. The molecular formula is C35H33ClN2O4. The highest BCUT2D eigenvalue weighted by molar-refractivity contribution is 6.33. The molecule has 1 aliphatic carbocycles. The monoisotopic (exact) mass is 580 g/mol. The van der Waals surface area contributed by atoms with Gasteiger partial charge >= 0.3 is 11.9 Å². The maximum absolute atomic E-state index is 12.8. The van der Waals surface area contributed by atoms with E-state index in [4.69, 9.17) is 31.6 Å². The Balaban J connectivity index is 1.31. The van der Waals surface area contributed by atoms with Gasteiger partial charge in [0, 0.05) is 6.07 Å². The largest absolute Gasteiger partial charge is 0.423 e. The van der Waals surface area contributed by atoms with Crippen LogP contribution in [0, 0.1) is 28.6 Å². The molecule has 0 unspecified atom stereocenters. The quantitative estimate of drug-likeness (QED) is 0.103. The van der Waals surface area contributed by atoms with Crippen molar-refractivity contribution in [3.63, 3.8) is 0 Å². The first-order valence-electron chi connectivity index (χ1n) is 14.4. The number of ether oxygens (including phenoxy) is 2. The van der Waals surface area contributed by atoms with Gasteiger partial charge in [0.15, 0.2) is 0 Å². The summed E-state index contributed by atoms with van der Waals surface area (Å²) in [6.07, 6.45) is 11.7. The number of carbonyl (C=O) groups is 2. The van der Waals surface area contributed by atoms with Crippen LogP contribution in [-0.4, -0.2) is 11.9 Å². The van der Waals surface area contributed by atoms with E-state index in [2.05, 4.69) is 6.92 Å². The molecule has 42 heavy (non-hydrogen) atoms. The van der Waals surface area contributed by atoms with Crippen LogP contribution in [0.2, 0.25) is 5.02 Å². The molecule has 0 atom stereocenters. The number of allylic oxidation sites excluding steroid dienone is 1. The van der Waals surface area contributed by atoms with E-state index in [0.717, 1.165) is 5.92 Å². The Morgan fingerprint density at radius 1 is 0.857 bits per heavy atom. The van der Waals surface area contributed by atoms with E-state index < -0.39 is 11.9 Å². The van der Waals surface area contributed by atoms with Gasteiger partial charge in [0.25, 0.3) is 0 Å². The molecule has 3 aromatic rings. The molecule has 6 nitrogen and oxygen atoms in total. The summed E-state index contributed by atoms with van der Waals surface area (Å²) in [6, 6.07) is 21.9. The molecule has 3 aromatic carbocycles. The molecule has 0 bridgehead atoms. The van der Waals surface area contributed by atoms with E-state index in [1.54, 1.807) is 48.5 Å². The second-order valence-corrected chi connectivity index (χ2v) is 11.0. The summed E-state index contributed by atoms with van der Waals surface area (Å²) in [4.78, 5) is 25.4. The lowest BCUT2D eigenvalue weighted by Gasteiger charge is -2.29. The summed E-state index contributed by atoms with van der Waals surface area (Å²) in [7, 11) is 0. The maximum Gasteiger partial charge on any atom is 0.345 e. The summed E-state index contributed by atoms with van der Waals surface area (Å²) >= 11 is 6.33. The van der Waals surface area contributed by atoms with Crippen molar-refractivity contribution in [1.82, 2.24) is 0 Å². The SMILES string of the molecule is CCCCC[C@H]1CC[C@H](c2ccc(C(=O)Oc3ccc(C(=O)Oc4ccc(C=C(C#N)C#N)cc4)c(Cl)c3)cc2)CC1. The van der Waals surface area contributed by atoms with E-state index in [1.165, 1.54) is 81.2 Å². The fraction of sp³-hybridized carbons (Fsp3) is 0.314. The lowest BCUT2D eigenvalue weighted by molar-refractivity contribution is 0.0730. The van der Waals surface area contributed by atoms with Gasteiger partial charge in [-0.3, -0.25) is 0 Å². The number of unbranched alkanes of at least 4 members (excludes halogenated alkanes) is 2. The zero-order valence-corrected chi connectivity index (χ0v) is 24.4. The van der Waals surface area contributed by atoms with Crippen molar-refractivity contribution < 1.29 is 19.1 Å². The first kappa shape index (κ1) is 30.6. The molecular weight excluding hydrogens is 548 g/mol. The Kier molecular flexibility index (Phi) is 10.9. The lowest BCUT2D eigenvalue weighted by Crippen LogP contribution is -2.14. The van der Waals surface area contributed by atoms with Crippen LogP contribution in [0.15, 0.2) is 72.3 Å². The standard InChI is InChI=1S/C35H33ClN2O4/c1-2-3-4-5-24-6-10-27(11-7-24)28-12-14-29(15-13-28)34(39)42-31-18-19-32(33(36)21-31)35(40)41-30-16-8-25(9-17-30)20-26(22-37)23-38/h8-9,12-21,24,27H,2-7,10-11H2,1H3/t24-,27-. The summed E-state index contributed by atoms with van der Waals surface area (Å²) < 4.78 is 10.9. The molecule has 0 aromatic heterocycles. The highest BCUT2D eigenvalue weighted by Crippen LogP contribution is 2.38. The Labute approximate surface area is 252 Å². The molecule has 0 radical (unpaired) electrons. The Morgan fingerprint density at radius 3 is 2.12 bits per heavy atom. The number of halogens is 1. The zero-order chi connectivity index (χ0) is 29.9. The highest BCUT2D eigenvalue weighted by atomic mass is 35.5. The predicted molar refractivity (Wildman–Crippen MR) is 162 cm³/mol. The van der Waals surface area contributed by atoms with Crippen LogP contribution in [-0.2, 0) is 0 Å². The van der Waals surface area contributed by atoms with Crippen molar-refractivity contribution in [2.45, 2.75) is 64.2 Å². The second kappa shape index (κ2) is 15.0. The Morgan fingerprint density at radius 2 is 1.50 bits per heavy atom. The van der Waals surface area contributed by atoms with Gasteiger partial charge in [-0.25, -0.2) is 9.59 Å². The normalized spacial score (nSPS) is 16.0. The summed E-state index contributed by atoms with van der Waals surface area (Å²) in [5.41, 5.74) is 2.41. The van der Waals surface area contributed by atoms with E-state index in [0.29, 0.717) is 17.0 Å². The van der Waals surface area contributed by atoms with Crippen LogP contribution >= 0.6 is 11.6 Å².